The molecule has 2 N–H and O–H groups in total. The molecule has 4 nitrogen and oxygen atoms in total. The standard InChI is InChI=1S/C13H16BrN3O/c1-7(2)6-10-11(14)12(15)17-13(16-10)9-4-5-18-8(9)3/h4-5,7H,6H2,1-3H3,(H2,15,16,17). The summed E-state index contributed by atoms with van der Waals surface area (Å²) in [6.07, 6.45) is 2.49. The van der Waals surface area contributed by atoms with Crippen molar-refractivity contribution in [2.24, 2.45) is 5.92 Å². The van der Waals surface area contributed by atoms with E-state index in [4.69, 9.17) is 10.2 Å². The van der Waals surface area contributed by atoms with Crippen LogP contribution in [0.15, 0.2) is 21.2 Å². The van der Waals surface area contributed by atoms with Crippen molar-refractivity contribution in [3.63, 3.8) is 0 Å². The van der Waals surface area contributed by atoms with E-state index < -0.39 is 0 Å². The first kappa shape index (κ1) is 13.1. The zero-order valence-corrected chi connectivity index (χ0v) is 12.3. The van der Waals surface area contributed by atoms with Gasteiger partial charge in [0.1, 0.15) is 11.6 Å². The average Bonchev–Trinajstić information content (AvgIpc) is 2.70. The van der Waals surface area contributed by atoms with Crippen molar-refractivity contribution in [3.05, 3.63) is 28.3 Å². The van der Waals surface area contributed by atoms with Crippen LogP contribution >= 0.6 is 15.9 Å². The summed E-state index contributed by atoms with van der Waals surface area (Å²) in [7, 11) is 0. The van der Waals surface area contributed by atoms with Crippen molar-refractivity contribution in [2.45, 2.75) is 27.2 Å². The first-order valence-corrected chi connectivity index (χ1v) is 6.64. The number of nitrogens with two attached hydrogens (primary N) is 1. The molecule has 2 rings (SSSR count). The van der Waals surface area contributed by atoms with Gasteiger partial charge in [-0.3, -0.25) is 0 Å². The molecule has 18 heavy (non-hydrogen) atoms. The average molecular weight is 310 g/mol. The highest BCUT2D eigenvalue weighted by atomic mass is 79.9. The molecule has 0 fully saturated rings. The molecule has 0 aliphatic rings. The zero-order valence-electron chi connectivity index (χ0n) is 10.7. The minimum absolute atomic E-state index is 0.469. The summed E-state index contributed by atoms with van der Waals surface area (Å²) < 4.78 is 6.07. The highest BCUT2D eigenvalue weighted by Crippen LogP contribution is 2.28. The van der Waals surface area contributed by atoms with E-state index in [9.17, 15) is 0 Å². The Labute approximate surface area is 115 Å². The van der Waals surface area contributed by atoms with Gasteiger partial charge in [0.15, 0.2) is 5.82 Å². The Balaban J connectivity index is 2.51. The fourth-order valence-corrected chi connectivity index (χ4v) is 2.11. The normalized spacial score (nSPS) is 11.2. The number of halogens is 1. The maximum Gasteiger partial charge on any atom is 0.165 e. The Morgan fingerprint density at radius 3 is 2.67 bits per heavy atom. The third-order valence-electron chi connectivity index (χ3n) is 2.65. The molecule has 0 aliphatic heterocycles. The van der Waals surface area contributed by atoms with E-state index in [1.807, 2.05) is 13.0 Å². The second kappa shape index (κ2) is 5.10. The summed E-state index contributed by atoms with van der Waals surface area (Å²) in [5.74, 6) is 2.40. The number of nitrogens with zero attached hydrogens (tertiary/aromatic N) is 2. The third kappa shape index (κ3) is 2.56. The van der Waals surface area contributed by atoms with Gasteiger partial charge in [0.2, 0.25) is 0 Å². The van der Waals surface area contributed by atoms with Crippen LogP contribution in [0.3, 0.4) is 0 Å². The number of furan rings is 1. The Morgan fingerprint density at radius 2 is 2.11 bits per heavy atom. The number of aromatic nitrogens is 2. The predicted molar refractivity (Wildman–Crippen MR) is 75.1 cm³/mol. The lowest BCUT2D eigenvalue weighted by atomic mass is 10.1. The van der Waals surface area contributed by atoms with Gasteiger partial charge in [-0.25, -0.2) is 9.97 Å². The Bertz CT molecular complexity index is 563. The summed E-state index contributed by atoms with van der Waals surface area (Å²) in [4.78, 5) is 8.88. The van der Waals surface area contributed by atoms with E-state index in [1.165, 1.54) is 0 Å². The van der Waals surface area contributed by atoms with Gasteiger partial charge in [0.25, 0.3) is 0 Å². The van der Waals surface area contributed by atoms with E-state index in [-0.39, 0.29) is 0 Å². The first-order chi connectivity index (χ1) is 8.49. The lowest BCUT2D eigenvalue weighted by Crippen LogP contribution is -2.05. The molecule has 0 bridgehead atoms. The van der Waals surface area contributed by atoms with Crippen molar-refractivity contribution in [3.8, 4) is 11.4 Å². The van der Waals surface area contributed by atoms with Crippen LogP contribution in [0.25, 0.3) is 11.4 Å². The molecule has 0 unspecified atom stereocenters. The van der Waals surface area contributed by atoms with Crippen LogP contribution in [0.1, 0.15) is 25.3 Å². The highest BCUT2D eigenvalue weighted by Gasteiger charge is 2.15. The molecule has 0 amide bonds. The number of aryl methyl sites for hydroxylation is 1. The Morgan fingerprint density at radius 1 is 1.39 bits per heavy atom. The van der Waals surface area contributed by atoms with Crippen molar-refractivity contribution in [2.75, 3.05) is 5.73 Å². The van der Waals surface area contributed by atoms with Crippen LogP contribution in [-0.2, 0) is 6.42 Å². The van der Waals surface area contributed by atoms with Crippen molar-refractivity contribution >= 4 is 21.7 Å². The van der Waals surface area contributed by atoms with E-state index in [0.29, 0.717) is 17.6 Å². The minimum atomic E-state index is 0.469. The van der Waals surface area contributed by atoms with E-state index in [0.717, 1.165) is 27.9 Å². The quantitative estimate of drug-likeness (QED) is 0.941. The van der Waals surface area contributed by atoms with E-state index >= 15 is 0 Å². The molecule has 0 saturated carbocycles. The van der Waals surface area contributed by atoms with Crippen molar-refractivity contribution in [1.82, 2.24) is 9.97 Å². The van der Waals surface area contributed by atoms with E-state index in [1.54, 1.807) is 6.26 Å². The Hall–Kier alpha value is -1.36. The third-order valence-corrected chi connectivity index (χ3v) is 3.51. The lowest BCUT2D eigenvalue weighted by molar-refractivity contribution is 0.535. The molecule has 0 spiro atoms. The van der Waals surface area contributed by atoms with Crippen LogP contribution < -0.4 is 5.73 Å². The molecule has 2 aromatic rings. The number of hydrogen-bond acceptors (Lipinski definition) is 4. The zero-order chi connectivity index (χ0) is 13.3. The maximum atomic E-state index is 5.92. The lowest BCUT2D eigenvalue weighted by Gasteiger charge is -2.10. The van der Waals surface area contributed by atoms with Crippen LogP contribution in [-0.4, -0.2) is 9.97 Å². The van der Waals surface area contributed by atoms with Crippen LogP contribution in [0.5, 0.6) is 0 Å². The molecule has 0 aromatic carbocycles. The molecule has 0 atom stereocenters. The van der Waals surface area contributed by atoms with Gasteiger partial charge in [-0.15, -0.1) is 0 Å². The summed E-state index contributed by atoms with van der Waals surface area (Å²) in [5, 5.41) is 0. The molecule has 0 aliphatic carbocycles. The monoisotopic (exact) mass is 309 g/mol. The van der Waals surface area contributed by atoms with Gasteiger partial charge < -0.3 is 10.2 Å². The van der Waals surface area contributed by atoms with Gasteiger partial charge in [0, 0.05) is 0 Å². The SMILES string of the molecule is Cc1occc1-c1nc(N)c(Br)c(CC(C)C)n1. The molecule has 0 radical (unpaired) electrons. The summed E-state index contributed by atoms with van der Waals surface area (Å²) in [5.41, 5.74) is 7.75. The van der Waals surface area contributed by atoms with Gasteiger partial charge in [0.05, 0.1) is 22.0 Å². The molecule has 96 valence electrons. The number of anilines is 1. The topological polar surface area (TPSA) is 64.9 Å². The molecular formula is C13H16BrN3O. The second-order valence-corrected chi connectivity index (χ2v) is 5.47. The fraction of sp³-hybridized carbons (Fsp3) is 0.385. The predicted octanol–water partition coefficient (Wildman–Crippen LogP) is 3.59. The van der Waals surface area contributed by atoms with Gasteiger partial charge in [-0.05, 0) is 41.3 Å². The molecule has 2 heterocycles. The van der Waals surface area contributed by atoms with Crippen molar-refractivity contribution in [1.29, 1.82) is 0 Å². The largest absolute Gasteiger partial charge is 0.469 e. The van der Waals surface area contributed by atoms with Crippen LogP contribution in [0.4, 0.5) is 5.82 Å². The van der Waals surface area contributed by atoms with Gasteiger partial charge in [-0.2, -0.15) is 0 Å². The molecule has 0 saturated heterocycles. The Kier molecular flexibility index (Phi) is 3.71. The summed E-state index contributed by atoms with van der Waals surface area (Å²) >= 11 is 3.45. The van der Waals surface area contributed by atoms with Crippen LogP contribution in [0.2, 0.25) is 0 Å². The maximum absolute atomic E-state index is 5.92. The van der Waals surface area contributed by atoms with Crippen molar-refractivity contribution < 1.29 is 4.42 Å². The summed E-state index contributed by atoms with van der Waals surface area (Å²) in [6, 6.07) is 1.86. The van der Waals surface area contributed by atoms with Crippen LogP contribution in [0, 0.1) is 12.8 Å². The number of nitrogen functional groups attached to an aromatic ring is 1. The van der Waals surface area contributed by atoms with Gasteiger partial charge >= 0.3 is 0 Å². The number of rotatable bonds is 3. The fourth-order valence-electron chi connectivity index (χ4n) is 1.77. The highest BCUT2D eigenvalue weighted by molar-refractivity contribution is 9.10. The molecule has 2 aromatic heterocycles. The minimum Gasteiger partial charge on any atom is -0.469 e. The first-order valence-electron chi connectivity index (χ1n) is 5.85. The molecule has 5 heteroatoms. The smallest absolute Gasteiger partial charge is 0.165 e. The summed E-state index contributed by atoms with van der Waals surface area (Å²) in [6.45, 7) is 6.18. The second-order valence-electron chi connectivity index (χ2n) is 4.68. The van der Waals surface area contributed by atoms with Gasteiger partial charge in [-0.1, -0.05) is 13.8 Å². The van der Waals surface area contributed by atoms with E-state index in [2.05, 4.69) is 39.7 Å². The molecular weight excluding hydrogens is 294 g/mol. The number of hydrogen-bond donors (Lipinski definition) is 1.